The summed E-state index contributed by atoms with van der Waals surface area (Å²) >= 11 is 2.49. The Hall–Kier alpha value is -1.95. The first-order valence-corrected chi connectivity index (χ1v) is 11.7. The molecule has 8 nitrogen and oxygen atoms in total. The third-order valence-corrected chi connectivity index (χ3v) is 8.26. The predicted molar refractivity (Wildman–Crippen MR) is 111 cm³/mol. The molecule has 0 saturated carbocycles. The Labute approximate surface area is 172 Å². The molecule has 0 spiro atoms. The Balaban J connectivity index is 2.20. The number of hydrogen-bond acceptors (Lipinski definition) is 7. The van der Waals surface area contributed by atoms with Crippen LogP contribution in [0.3, 0.4) is 0 Å². The topological polar surface area (TPSA) is 122 Å². The molecule has 0 aliphatic rings. The Morgan fingerprint density at radius 1 is 1.29 bits per heavy atom. The van der Waals surface area contributed by atoms with Gasteiger partial charge in [0.25, 0.3) is 5.91 Å². The van der Waals surface area contributed by atoms with E-state index in [1.165, 1.54) is 45.6 Å². The van der Waals surface area contributed by atoms with Crippen LogP contribution in [0, 0.1) is 6.92 Å². The van der Waals surface area contributed by atoms with E-state index in [0.29, 0.717) is 23.9 Å². The van der Waals surface area contributed by atoms with Gasteiger partial charge in [0.1, 0.15) is 0 Å². The molecular weight excluding hydrogens is 420 g/mol. The molecule has 1 heterocycles. The summed E-state index contributed by atoms with van der Waals surface area (Å²) < 4.78 is 27.4. The number of thiazole rings is 1. The number of thioether (sulfide) groups is 1. The van der Waals surface area contributed by atoms with Crippen LogP contribution in [0.25, 0.3) is 0 Å². The largest absolute Gasteiger partial charge is 0.369 e. The fraction of sp³-hybridized carbons (Fsp3) is 0.353. The molecule has 2 aromatic rings. The fourth-order valence-corrected chi connectivity index (χ4v) is 5.76. The molecular formula is C17H22N4O4S3. The molecule has 152 valence electrons. The third-order valence-electron chi connectivity index (χ3n) is 3.76. The van der Waals surface area contributed by atoms with E-state index in [0.717, 1.165) is 4.21 Å². The van der Waals surface area contributed by atoms with Gasteiger partial charge < -0.3 is 5.73 Å². The van der Waals surface area contributed by atoms with Gasteiger partial charge in [0.05, 0.1) is 20.6 Å². The molecule has 3 N–H and O–H groups in total. The summed E-state index contributed by atoms with van der Waals surface area (Å²) in [5, 5.41) is 3.04. The second kappa shape index (κ2) is 9.50. The summed E-state index contributed by atoms with van der Waals surface area (Å²) in [4.78, 5) is 27.8. The van der Waals surface area contributed by atoms with Gasteiger partial charge in [-0.15, -0.1) is 11.8 Å². The minimum absolute atomic E-state index is 0.0665. The summed E-state index contributed by atoms with van der Waals surface area (Å²) in [5.74, 6) is -0.770. The van der Waals surface area contributed by atoms with Gasteiger partial charge in [0, 0.05) is 18.7 Å². The normalized spacial score (nSPS) is 11.6. The number of nitrogens with zero attached hydrogens (tertiary/aromatic N) is 2. The number of anilines is 1. The minimum atomic E-state index is -3.65. The van der Waals surface area contributed by atoms with E-state index < -0.39 is 21.8 Å². The number of carbonyl (C=O) groups is 2. The lowest BCUT2D eigenvalue weighted by Crippen LogP contribution is -2.30. The summed E-state index contributed by atoms with van der Waals surface area (Å²) in [7, 11) is -3.65. The molecule has 1 aromatic carbocycles. The zero-order chi connectivity index (χ0) is 20.9. The van der Waals surface area contributed by atoms with Crippen molar-refractivity contribution in [3.05, 3.63) is 35.5 Å². The highest BCUT2D eigenvalue weighted by molar-refractivity contribution is 8.01. The SMILES string of the molecule is CCN(CC)S(=O)(=O)c1cccc(C(=O)Nc2nc(C)c(SCC(N)=O)s2)c1. The summed E-state index contributed by atoms with van der Waals surface area (Å²) in [5.41, 5.74) is 6.05. The molecule has 0 bridgehead atoms. The first-order chi connectivity index (χ1) is 13.2. The van der Waals surface area contributed by atoms with Crippen LogP contribution in [0.15, 0.2) is 33.4 Å². The van der Waals surface area contributed by atoms with Crippen LogP contribution in [0.5, 0.6) is 0 Å². The molecule has 11 heteroatoms. The van der Waals surface area contributed by atoms with Crippen LogP contribution in [0.2, 0.25) is 0 Å². The Bertz CT molecular complexity index is 969. The second-order valence-corrected chi connectivity index (χ2v) is 9.90. The Kier molecular flexibility index (Phi) is 7.58. The van der Waals surface area contributed by atoms with Crippen LogP contribution in [0.4, 0.5) is 5.13 Å². The van der Waals surface area contributed by atoms with Crippen molar-refractivity contribution < 1.29 is 18.0 Å². The molecule has 2 rings (SSSR count). The smallest absolute Gasteiger partial charge is 0.257 e. The highest BCUT2D eigenvalue weighted by Gasteiger charge is 2.23. The first kappa shape index (κ1) is 22.3. The predicted octanol–water partition coefficient (Wildman–Crippen LogP) is 2.31. The van der Waals surface area contributed by atoms with E-state index in [9.17, 15) is 18.0 Å². The van der Waals surface area contributed by atoms with Crippen LogP contribution >= 0.6 is 23.1 Å². The van der Waals surface area contributed by atoms with E-state index in [4.69, 9.17) is 5.73 Å². The standard InChI is InChI=1S/C17H22N4O4S3/c1-4-21(5-2)28(24,25)13-8-6-7-12(9-13)15(23)20-17-19-11(3)16(27-17)26-10-14(18)22/h6-9H,4-5,10H2,1-3H3,(H2,18,22)(H,19,20,23). The van der Waals surface area contributed by atoms with E-state index in [1.54, 1.807) is 26.8 Å². The molecule has 0 saturated heterocycles. The van der Waals surface area contributed by atoms with Crippen LogP contribution < -0.4 is 11.1 Å². The number of aromatic nitrogens is 1. The Morgan fingerprint density at radius 2 is 1.96 bits per heavy atom. The van der Waals surface area contributed by atoms with E-state index in [2.05, 4.69) is 10.3 Å². The van der Waals surface area contributed by atoms with E-state index >= 15 is 0 Å². The third kappa shape index (κ3) is 5.31. The molecule has 2 amide bonds. The Morgan fingerprint density at radius 3 is 2.57 bits per heavy atom. The number of primary amides is 1. The van der Waals surface area contributed by atoms with Crippen molar-refractivity contribution >= 4 is 50.1 Å². The van der Waals surface area contributed by atoms with E-state index in [-0.39, 0.29) is 16.2 Å². The molecule has 1 aromatic heterocycles. The maximum Gasteiger partial charge on any atom is 0.257 e. The van der Waals surface area contributed by atoms with E-state index in [1.807, 2.05) is 0 Å². The average Bonchev–Trinajstić information content (AvgIpc) is 3.00. The molecule has 0 aliphatic heterocycles. The van der Waals surface area contributed by atoms with Crippen molar-refractivity contribution in [3.63, 3.8) is 0 Å². The van der Waals surface area contributed by atoms with Crippen molar-refractivity contribution in [3.8, 4) is 0 Å². The molecule has 0 atom stereocenters. The van der Waals surface area contributed by atoms with Crippen molar-refractivity contribution in [1.29, 1.82) is 0 Å². The monoisotopic (exact) mass is 442 g/mol. The van der Waals surface area contributed by atoms with Gasteiger partial charge in [-0.1, -0.05) is 31.3 Å². The number of nitrogens with two attached hydrogens (primary N) is 1. The highest BCUT2D eigenvalue weighted by Crippen LogP contribution is 2.32. The lowest BCUT2D eigenvalue weighted by Gasteiger charge is -2.18. The zero-order valence-corrected chi connectivity index (χ0v) is 18.2. The van der Waals surface area contributed by atoms with Crippen LogP contribution in [-0.4, -0.2) is 48.4 Å². The fourth-order valence-electron chi connectivity index (χ4n) is 2.39. The highest BCUT2D eigenvalue weighted by atomic mass is 32.2. The average molecular weight is 443 g/mol. The van der Waals surface area contributed by atoms with Gasteiger partial charge in [-0.3, -0.25) is 14.9 Å². The molecule has 0 radical (unpaired) electrons. The molecule has 0 aliphatic carbocycles. The number of sulfonamides is 1. The second-order valence-electron chi connectivity index (χ2n) is 5.72. The number of rotatable bonds is 9. The van der Waals surface area contributed by atoms with Gasteiger partial charge in [-0.2, -0.15) is 4.31 Å². The number of aryl methyl sites for hydroxylation is 1. The summed E-state index contributed by atoms with van der Waals surface area (Å²) in [6.07, 6.45) is 0. The number of amides is 2. The number of carbonyl (C=O) groups excluding carboxylic acids is 2. The van der Waals surface area contributed by atoms with Gasteiger partial charge in [0.2, 0.25) is 15.9 Å². The zero-order valence-electron chi connectivity index (χ0n) is 15.8. The van der Waals surface area contributed by atoms with Crippen molar-refractivity contribution in [2.24, 2.45) is 5.73 Å². The number of hydrogen-bond donors (Lipinski definition) is 2. The minimum Gasteiger partial charge on any atom is -0.369 e. The van der Waals surface area contributed by atoms with Gasteiger partial charge in [-0.25, -0.2) is 13.4 Å². The number of nitrogens with one attached hydrogen (secondary N) is 1. The lowest BCUT2D eigenvalue weighted by atomic mass is 10.2. The van der Waals surface area contributed by atoms with Crippen LogP contribution in [-0.2, 0) is 14.8 Å². The lowest BCUT2D eigenvalue weighted by molar-refractivity contribution is -0.115. The first-order valence-electron chi connectivity index (χ1n) is 8.49. The number of benzene rings is 1. The van der Waals surface area contributed by atoms with Crippen molar-refractivity contribution in [2.75, 3.05) is 24.2 Å². The summed E-state index contributed by atoms with van der Waals surface area (Å²) in [6.45, 7) is 5.98. The van der Waals surface area contributed by atoms with Crippen LogP contribution in [0.1, 0.15) is 29.9 Å². The summed E-state index contributed by atoms with van der Waals surface area (Å²) in [6, 6.07) is 5.90. The van der Waals surface area contributed by atoms with Gasteiger partial charge in [0.15, 0.2) is 5.13 Å². The maximum atomic E-state index is 12.6. The molecule has 0 fully saturated rings. The van der Waals surface area contributed by atoms with Crippen molar-refractivity contribution in [2.45, 2.75) is 29.9 Å². The van der Waals surface area contributed by atoms with Crippen molar-refractivity contribution in [1.82, 2.24) is 9.29 Å². The van der Waals surface area contributed by atoms with Gasteiger partial charge in [-0.05, 0) is 25.1 Å². The molecule has 28 heavy (non-hydrogen) atoms. The molecule has 0 unspecified atom stereocenters. The van der Waals surface area contributed by atoms with Gasteiger partial charge >= 0.3 is 0 Å². The quantitative estimate of drug-likeness (QED) is 0.575. The maximum absolute atomic E-state index is 12.6.